The van der Waals surface area contributed by atoms with Gasteiger partial charge >= 0.3 is 0 Å². The highest BCUT2D eigenvalue weighted by molar-refractivity contribution is 5.89. The third-order valence-corrected chi connectivity index (χ3v) is 6.90. The third-order valence-electron chi connectivity index (χ3n) is 6.90. The number of methoxy groups -OCH3 is 1. The van der Waals surface area contributed by atoms with Gasteiger partial charge in [-0.3, -0.25) is 4.68 Å². The van der Waals surface area contributed by atoms with Gasteiger partial charge < -0.3 is 19.5 Å². The monoisotopic (exact) mass is 545 g/mol. The summed E-state index contributed by atoms with van der Waals surface area (Å²) in [6.07, 6.45) is 2.14. The topological polar surface area (TPSA) is 120 Å². The van der Waals surface area contributed by atoms with Gasteiger partial charge in [-0.15, -0.1) is 10.2 Å². The first-order valence-electron chi connectivity index (χ1n) is 12.9. The molecule has 208 valence electrons. The number of piperidine rings is 1. The zero-order valence-corrected chi connectivity index (χ0v) is 23.4. The Kier molecular flexibility index (Phi) is 7.16. The Bertz CT molecular complexity index is 1580. The molecule has 40 heavy (non-hydrogen) atoms. The Morgan fingerprint density at radius 2 is 1.95 bits per heavy atom. The smallest absolute Gasteiger partial charge is 0.233 e. The Labute approximate surface area is 232 Å². The lowest BCUT2D eigenvalue weighted by Crippen LogP contribution is -2.66. The van der Waals surface area contributed by atoms with E-state index in [9.17, 15) is 5.26 Å². The van der Waals surface area contributed by atoms with E-state index in [1.54, 1.807) is 29.1 Å². The molecule has 1 aliphatic rings. The molecule has 0 aliphatic carbocycles. The average molecular weight is 546 g/mol. The maximum absolute atomic E-state index is 15.2. The van der Waals surface area contributed by atoms with Gasteiger partial charge in [0.25, 0.3) is 0 Å². The van der Waals surface area contributed by atoms with Gasteiger partial charge in [-0.05, 0) is 57.5 Å². The molecule has 4 heterocycles. The van der Waals surface area contributed by atoms with Crippen molar-refractivity contribution in [3.8, 4) is 40.2 Å². The summed E-state index contributed by atoms with van der Waals surface area (Å²) in [5, 5.41) is 26.7. The number of halogens is 1. The molecule has 1 saturated heterocycles. The van der Waals surface area contributed by atoms with E-state index in [0.29, 0.717) is 34.6 Å². The Balaban J connectivity index is 1.44. The van der Waals surface area contributed by atoms with Gasteiger partial charge in [0.15, 0.2) is 18.7 Å². The van der Waals surface area contributed by atoms with E-state index in [1.165, 1.54) is 7.11 Å². The molecule has 1 N–H and O–H groups in total. The number of hydrogen-bond acceptors (Lipinski definition) is 9. The predicted octanol–water partition coefficient (Wildman–Crippen LogP) is 4.58. The summed E-state index contributed by atoms with van der Waals surface area (Å²) in [5.41, 5.74) is 2.52. The lowest BCUT2D eigenvalue weighted by Gasteiger charge is -2.48. The number of aromatic nitrogens is 5. The van der Waals surface area contributed by atoms with Crippen LogP contribution in [0, 0.1) is 11.3 Å². The van der Waals surface area contributed by atoms with Crippen LogP contribution in [0.15, 0.2) is 42.7 Å². The Morgan fingerprint density at radius 1 is 1.15 bits per heavy atom. The van der Waals surface area contributed by atoms with Gasteiger partial charge in [-0.25, -0.2) is 9.37 Å². The first kappa shape index (κ1) is 27.4. The van der Waals surface area contributed by atoms with Crippen LogP contribution in [0.4, 0.5) is 4.39 Å². The largest absolute Gasteiger partial charge is 0.470 e. The molecule has 0 unspecified atom stereocenters. The summed E-state index contributed by atoms with van der Waals surface area (Å²) in [6, 6.07) is 11.1. The zero-order chi connectivity index (χ0) is 28.7. The summed E-state index contributed by atoms with van der Waals surface area (Å²) < 4.78 is 33.8. The number of ether oxygens (including phenoxy) is 3. The number of pyridine rings is 1. The van der Waals surface area contributed by atoms with Crippen LogP contribution in [0.3, 0.4) is 0 Å². The molecule has 0 saturated carbocycles. The van der Waals surface area contributed by atoms with Crippen molar-refractivity contribution in [3.63, 3.8) is 0 Å². The predicted molar refractivity (Wildman–Crippen MR) is 147 cm³/mol. The van der Waals surface area contributed by atoms with Crippen LogP contribution >= 0.6 is 0 Å². The summed E-state index contributed by atoms with van der Waals surface area (Å²) in [4.78, 5) is 4.62. The molecule has 0 amide bonds. The molecule has 5 rings (SSSR count). The Morgan fingerprint density at radius 3 is 2.65 bits per heavy atom. The molecular weight excluding hydrogens is 513 g/mol. The fourth-order valence-corrected chi connectivity index (χ4v) is 5.36. The molecule has 2 atom stereocenters. The van der Waals surface area contributed by atoms with Crippen molar-refractivity contribution in [2.75, 3.05) is 13.9 Å². The van der Waals surface area contributed by atoms with Crippen LogP contribution < -0.4 is 14.8 Å². The minimum absolute atomic E-state index is 0.00296. The number of fused-ring (bicyclic) bond motifs is 1. The van der Waals surface area contributed by atoms with E-state index in [1.807, 2.05) is 53.1 Å². The summed E-state index contributed by atoms with van der Waals surface area (Å²) in [6.45, 7) is 7.71. The minimum Gasteiger partial charge on any atom is -0.470 e. The molecule has 3 aromatic heterocycles. The number of aryl methyl sites for hydroxylation is 1. The normalized spacial score (nSPS) is 19.8. The summed E-state index contributed by atoms with van der Waals surface area (Å²) in [5.74, 6) is 0.660. The highest BCUT2D eigenvalue weighted by atomic mass is 19.1. The van der Waals surface area contributed by atoms with E-state index in [4.69, 9.17) is 14.2 Å². The maximum Gasteiger partial charge on any atom is 0.233 e. The second-order valence-electron chi connectivity index (χ2n) is 11.2. The van der Waals surface area contributed by atoms with Crippen LogP contribution in [0.1, 0.15) is 39.7 Å². The highest BCUT2D eigenvalue weighted by Gasteiger charge is 2.47. The van der Waals surface area contributed by atoms with Crippen molar-refractivity contribution in [3.05, 3.63) is 48.3 Å². The highest BCUT2D eigenvalue weighted by Crippen LogP contribution is 2.35. The van der Waals surface area contributed by atoms with Crippen LogP contribution in [-0.2, 0) is 11.8 Å². The molecule has 4 aromatic rings. The van der Waals surface area contributed by atoms with Crippen molar-refractivity contribution in [2.45, 2.75) is 57.5 Å². The fraction of sp³-hybridized carbons (Fsp3) is 0.414. The second kappa shape index (κ2) is 10.4. The van der Waals surface area contributed by atoms with Gasteiger partial charge in [0, 0.05) is 61.1 Å². The number of rotatable bonds is 7. The standard InChI is InChI=1S/C29H32FN7O3/c1-28(2)12-23(27(30)29(3,4)36-28)40-24-8-7-21(33-34-24)26-22(39-16-38-6)11-19(14-32-26)17-9-18(13-31)25-20(10-17)15-37(5)35-25/h7-11,14-15,23,27,36H,12,16H2,1-6H3/t23-,27-/m0/s1. The minimum atomic E-state index is -1.22. The van der Waals surface area contributed by atoms with Crippen LogP contribution in [0.5, 0.6) is 11.6 Å². The fourth-order valence-electron chi connectivity index (χ4n) is 5.36. The van der Waals surface area contributed by atoms with Gasteiger partial charge in [-0.2, -0.15) is 10.4 Å². The Hall–Kier alpha value is -4.14. The van der Waals surface area contributed by atoms with E-state index in [2.05, 4.69) is 31.7 Å². The van der Waals surface area contributed by atoms with E-state index in [0.717, 1.165) is 16.5 Å². The first-order chi connectivity index (χ1) is 19.0. The van der Waals surface area contributed by atoms with Crippen LogP contribution in [0.25, 0.3) is 33.4 Å². The number of hydrogen-bond donors (Lipinski definition) is 1. The molecule has 0 spiro atoms. The molecule has 1 aromatic carbocycles. The average Bonchev–Trinajstić information content (AvgIpc) is 3.29. The lowest BCUT2D eigenvalue weighted by molar-refractivity contribution is -0.0281. The van der Waals surface area contributed by atoms with Crippen molar-refractivity contribution < 1.29 is 18.6 Å². The number of nitriles is 1. The first-order valence-corrected chi connectivity index (χ1v) is 12.9. The molecule has 0 radical (unpaired) electrons. The van der Waals surface area contributed by atoms with Crippen molar-refractivity contribution in [1.82, 2.24) is 30.3 Å². The number of benzene rings is 1. The van der Waals surface area contributed by atoms with E-state index < -0.39 is 17.8 Å². The van der Waals surface area contributed by atoms with Gasteiger partial charge in [0.05, 0.1) is 5.56 Å². The summed E-state index contributed by atoms with van der Waals surface area (Å²) in [7, 11) is 3.34. The lowest BCUT2D eigenvalue weighted by atomic mass is 9.79. The molecule has 1 aliphatic heterocycles. The molecule has 0 bridgehead atoms. The van der Waals surface area contributed by atoms with E-state index >= 15 is 4.39 Å². The van der Waals surface area contributed by atoms with Gasteiger partial charge in [0.2, 0.25) is 5.88 Å². The van der Waals surface area contributed by atoms with Crippen molar-refractivity contribution in [2.24, 2.45) is 7.05 Å². The van der Waals surface area contributed by atoms with Gasteiger partial charge in [0.1, 0.15) is 29.1 Å². The second-order valence-corrected chi connectivity index (χ2v) is 11.2. The van der Waals surface area contributed by atoms with Crippen LogP contribution in [-0.4, -0.2) is 62.2 Å². The van der Waals surface area contributed by atoms with Crippen molar-refractivity contribution >= 4 is 10.9 Å². The SMILES string of the molecule is COCOc1cc(-c2cc(C#N)c3nn(C)cc3c2)cnc1-c1ccc(O[C@H]2CC(C)(C)NC(C)(C)[C@H]2F)nn1. The van der Waals surface area contributed by atoms with Crippen molar-refractivity contribution in [1.29, 1.82) is 5.26 Å². The molecule has 10 nitrogen and oxygen atoms in total. The molecule has 11 heteroatoms. The van der Waals surface area contributed by atoms with E-state index in [-0.39, 0.29) is 18.2 Å². The zero-order valence-electron chi connectivity index (χ0n) is 23.4. The summed E-state index contributed by atoms with van der Waals surface area (Å²) >= 11 is 0. The van der Waals surface area contributed by atoms with Crippen LogP contribution in [0.2, 0.25) is 0 Å². The number of alkyl halides is 1. The quantitative estimate of drug-likeness (QED) is 0.333. The maximum atomic E-state index is 15.2. The molecular formula is C29H32FN7O3. The molecule has 1 fully saturated rings. The van der Waals surface area contributed by atoms with Gasteiger partial charge in [-0.1, -0.05) is 0 Å². The number of nitrogens with one attached hydrogen (secondary N) is 1. The number of nitrogens with zero attached hydrogens (tertiary/aromatic N) is 6. The third kappa shape index (κ3) is 5.46.